The van der Waals surface area contributed by atoms with Crippen molar-refractivity contribution < 1.29 is 14.3 Å². The first kappa shape index (κ1) is 13.6. The quantitative estimate of drug-likeness (QED) is 0.908. The van der Waals surface area contributed by atoms with Gasteiger partial charge in [0.2, 0.25) is 0 Å². The van der Waals surface area contributed by atoms with E-state index < -0.39 is 11.8 Å². The Hall–Kier alpha value is -1.81. The maximum atomic E-state index is 13.8. The number of hydrogen-bond acceptors (Lipinski definition) is 2. The first-order valence-corrected chi connectivity index (χ1v) is 6.57. The van der Waals surface area contributed by atoms with Gasteiger partial charge in [-0.05, 0) is 43.7 Å². The van der Waals surface area contributed by atoms with Gasteiger partial charge in [0.05, 0.1) is 5.56 Å². The Morgan fingerprint density at radius 2 is 1.79 bits per heavy atom. The molecule has 0 atom stereocenters. The van der Waals surface area contributed by atoms with Crippen LogP contribution in [-0.2, 0) is 0 Å². The summed E-state index contributed by atoms with van der Waals surface area (Å²) in [4.78, 5) is 12.1. The SMILES string of the molecule is Cc1ccc(Sc2ccc(C(=O)O)cc2F)c(C)c1. The van der Waals surface area contributed by atoms with Gasteiger partial charge in [0.25, 0.3) is 0 Å². The summed E-state index contributed by atoms with van der Waals surface area (Å²) in [6.07, 6.45) is 0. The summed E-state index contributed by atoms with van der Waals surface area (Å²) in [7, 11) is 0. The predicted molar refractivity (Wildman–Crippen MR) is 73.4 cm³/mol. The number of halogens is 1. The van der Waals surface area contributed by atoms with Crippen LogP contribution in [0.4, 0.5) is 4.39 Å². The lowest BCUT2D eigenvalue weighted by Gasteiger charge is -2.08. The molecule has 2 aromatic rings. The number of carboxylic acids is 1. The molecule has 0 aliphatic heterocycles. The van der Waals surface area contributed by atoms with Gasteiger partial charge in [-0.3, -0.25) is 0 Å². The van der Waals surface area contributed by atoms with E-state index >= 15 is 0 Å². The average Bonchev–Trinajstić information content (AvgIpc) is 2.34. The molecule has 2 nitrogen and oxygen atoms in total. The molecule has 4 heteroatoms. The summed E-state index contributed by atoms with van der Waals surface area (Å²) in [6, 6.07) is 9.92. The number of rotatable bonds is 3. The molecular weight excluding hydrogens is 263 g/mol. The minimum Gasteiger partial charge on any atom is -0.478 e. The summed E-state index contributed by atoms with van der Waals surface area (Å²) < 4.78 is 13.8. The molecule has 0 bridgehead atoms. The molecule has 0 aliphatic carbocycles. The molecular formula is C15H13FO2S. The van der Waals surface area contributed by atoms with Crippen LogP contribution < -0.4 is 0 Å². The maximum absolute atomic E-state index is 13.8. The van der Waals surface area contributed by atoms with Gasteiger partial charge in [-0.25, -0.2) is 9.18 Å². The van der Waals surface area contributed by atoms with Gasteiger partial charge in [-0.1, -0.05) is 29.5 Å². The lowest BCUT2D eigenvalue weighted by Crippen LogP contribution is -1.97. The Morgan fingerprint density at radius 3 is 2.37 bits per heavy atom. The Kier molecular flexibility index (Phi) is 3.90. The van der Waals surface area contributed by atoms with Gasteiger partial charge in [0.15, 0.2) is 0 Å². The second-order valence-corrected chi connectivity index (χ2v) is 5.41. The van der Waals surface area contributed by atoms with Crippen molar-refractivity contribution in [3.63, 3.8) is 0 Å². The highest BCUT2D eigenvalue weighted by atomic mass is 32.2. The molecule has 2 aromatic carbocycles. The van der Waals surface area contributed by atoms with Crippen molar-refractivity contribution in [2.75, 3.05) is 0 Å². The number of carbonyl (C=O) groups is 1. The molecule has 0 saturated heterocycles. The summed E-state index contributed by atoms with van der Waals surface area (Å²) >= 11 is 1.30. The van der Waals surface area contributed by atoms with Crippen molar-refractivity contribution in [2.45, 2.75) is 23.6 Å². The highest BCUT2D eigenvalue weighted by molar-refractivity contribution is 7.99. The summed E-state index contributed by atoms with van der Waals surface area (Å²) in [5.41, 5.74) is 2.19. The van der Waals surface area contributed by atoms with Crippen LogP contribution in [0.5, 0.6) is 0 Å². The third-order valence-electron chi connectivity index (χ3n) is 2.73. The van der Waals surface area contributed by atoms with Crippen LogP contribution in [0, 0.1) is 19.7 Å². The fraction of sp³-hybridized carbons (Fsp3) is 0.133. The van der Waals surface area contributed by atoms with E-state index in [1.165, 1.54) is 23.9 Å². The fourth-order valence-electron chi connectivity index (χ4n) is 1.75. The number of aryl methyl sites for hydroxylation is 2. The first-order valence-electron chi connectivity index (χ1n) is 5.75. The Bertz CT molecular complexity index is 638. The van der Waals surface area contributed by atoms with Gasteiger partial charge in [0.1, 0.15) is 5.82 Å². The van der Waals surface area contributed by atoms with Crippen molar-refractivity contribution in [1.82, 2.24) is 0 Å². The summed E-state index contributed by atoms with van der Waals surface area (Å²) in [5, 5.41) is 8.79. The summed E-state index contributed by atoms with van der Waals surface area (Å²) in [6.45, 7) is 3.97. The van der Waals surface area contributed by atoms with Gasteiger partial charge in [-0.2, -0.15) is 0 Å². The molecule has 1 N–H and O–H groups in total. The third kappa shape index (κ3) is 3.15. The van der Waals surface area contributed by atoms with Crippen molar-refractivity contribution in [2.24, 2.45) is 0 Å². The second kappa shape index (κ2) is 5.45. The fourth-order valence-corrected chi connectivity index (χ4v) is 2.63. The highest BCUT2D eigenvalue weighted by Gasteiger charge is 2.10. The van der Waals surface area contributed by atoms with Crippen LogP contribution in [0.1, 0.15) is 21.5 Å². The molecule has 0 saturated carbocycles. The van der Waals surface area contributed by atoms with Crippen LogP contribution in [0.15, 0.2) is 46.2 Å². The van der Waals surface area contributed by atoms with Gasteiger partial charge >= 0.3 is 5.97 Å². The van der Waals surface area contributed by atoms with Crippen molar-refractivity contribution >= 4 is 17.7 Å². The standard InChI is InChI=1S/C15H13FO2S/c1-9-3-5-13(10(2)7-9)19-14-6-4-11(15(17)18)8-12(14)16/h3-8H,1-2H3,(H,17,18). The molecule has 0 fully saturated rings. The Balaban J connectivity index is 2.31. The molecule has 0 heterocycles. The molecule has 0 amide bonds. The molecule has 98 valence electrons. The molecule has 0 radical (unpaired) electrons. The van der Waals surface area contributed by atoms with E-state index in [2.05, 4.69) is 0 Å². The van der Waals surface area contributed by atoms with Crippen LogP contribution in [0.3, 0.4) is 0 Å². The molecule has 0 aromatic heterocycles. The van der Waals surface area contributed by atoms with Gasteiger partial charge < -0.3 is 5.11 Å². The van der Waals surface area contributed by atoms with E-state index in [4.69, 9.17) is 5.11 Å². The number of hydrogen-bond donors (Lipinski definition) is 1. The van der Waals surface area contributed by atoms with Gasteiger partial charge in [-0.15, -0.1) is 0 Å². The van der Waals surface area contributed by atoms with E-state index in [1.54, 1.807) is 0 Å². The topological polar surface area (TPSA) is 37.3 Å². The van der Waals surface area contributed by atoms with Crippen molar-refractivity contribution in [3.8, 4) is 0 Å². The Labute approximate surface area is 115 Å². The van der Waals surface area contributed by atoms with Crippen LogP contribution >= 0.6 is 11.8 Å². The molecule has 0 spiro atoms. The number of aromatic carboxylic acids is 1. The van der Waals surface area contributed by atoms with Crippen molar-refractivity contribution in [3.05, 3.63) is 58.9 Å². The van der Waals surface area contributed by atoms with E-state index in [0.29, 0.717) is 4.90 Å². The molecule has 19 heavy (non-hydrogen) atoms. The van der Waals surface area contributed by atoms with Crippen LogP contribution in [-0.4, -0.2) is 11.1 Å². The monoisotopic (exact) mass is 276 g/mol. The lowest BCUT2D eigenvalue weighted by atomic mass is 10.2. The predicted octanol–water partition coefficient (Wildman–Crippen LogP) is 4.29. The van der Waals surface area contributed by atoms with E-state index in [1.807, 2.05) is 32.0 Å². The zero-order valence-electron chi connectivity index (χ0n) is 10.6. The normalized spacial score (nSPS) is 10.5. The maximum Gasteiger partial charge on any atom is 0.335 e. The number of benzene rings is 2. The average molecular weight is 276 g/mol. The van der Waals surface area contributed by atoms with E-state index in [9.17, 15) is 9.18 Å². The highest BCUT2D eigenvalue weighted by Crippen LogP contribution is 2.32. The Morgan fingerprint density at radius 1 is 1.11 bits per heavy atom. The minimum atomic E-state index is -1.12. The van der Waals surface area contributed by atoms with E-state index in [-0.39, 0.29) is 5.56 Å². The zero-order chi connectivity index (χ0) is 14.0. The third-order valence-corrected chi connectivity index (χ3v) is 3.96. The van der Waals surface area contributed by atoms with E-state index in [0.717, 1.165) is 22.1 Å². The van der Waals surface area contributed by atoms with Crippen LogP contribution in [0.25, 0.3) is 0 Å². The van der Waals surface area contributed by atoms with Gasteiger partial charge in [0, 0.05) is 9.79 Å². The molecule has 2 rings (SSSR count). The lowest BCUT2D eigenvalue weighted by molar-refractivity contribution is 0.0696. The molecule has 0 unspecified atom stereocenters. The summed E-state index contributed by atoms with van der Waals surface area (Å²) in [5.74, 6) is -1.63. The smallest absolute Gasteiger partial charge is 0.335 e. The number of carboxylic acid groups (broad SMARTS) is 1. The molecule has 0 aliphatic rings. The minimum absolute atomic E-state index is 0.0394. The zero-order valence-corrected chi connectivity index (χ0v) is 11.4. The largest absolute Gasteiger partial charge is 0.478 e. The van der Waals surface area contributed by atoms with Crippen LogP contribution in [0.2, 0.25) is 0 Å². The second-order valence-electron chi connectivity index (χ2n) is 4.32. The van der Waals surface area contributed by atoms with Crippen molar-refractivity contribution in [1.29, 1.82) is 0 Å². The first-order chi connectivity index (χ1) is 8.97.